The largest absolute Gasteiger partial charge is 0.416 e. The maximum Gasteiger partial charge on any atom is 0.392 e. The molecule has 0 amide bonds. The molecule has 0 radical (unpaired) electrons. The van der Waals surface area contributed by atoms with E-state index in [9.17, 15) is 13.2 Å². The lowest BCUT2D eigenvalue weighted by molar-refractivity contribution is -0.188. The fourth-order valence-electron chi connectivity index (χ4n) is 2.18. The molecule has 16 heavy (non-hydrogen) atoms. The fourth-order valence-corrected chi connectivity index (χ4v) is 2.52. The highest BCUT2D eigenvalue weighted by atomic mass is 127. The summed E-state index contributed by atoms with van der Waals surface area (Å²) in [5.41, 5.74) is 0. The summed E-state index contributed by atoms with van der Waals surface area (Å²) in [6.07, 6.45) is -2.14. The molecule has 0 saturated heterocycles. The molecule has 1 aromatic heterocycles. The minimum atomic E-state index is -4.18. The highest BCUT2D eigenvalue weighted by Gasteiger charge is 2.47. The van der Waals surface area contributed by atoms with Gasteiger partial charge in [0.25, 0.3) is 3.90 Å². The van der Waals surface area contributed by atoms with Crippen molar-refractivity contribution in [2.75, 3.05) is 0 Å². The molecule has 1 aromatic rings. The van der Waals surface area contributed by atoms with Gasteiger partial charge in [-0.15, -0.1) is 10.2 Å². The second kappa shape index (κ2) is 4.50. The SMILES string of the molecule is FC(F)(F)C1CCCCC1c1nnc(I)o1. The van der Waals surface area contributed by atoms with Crippen molar-refractivity contribution < 1.29 is 17.6 Å². The minimum absolute atomic E-state index is 0.131. The van der Waals surface area contributed by atoms with E-state index in [1.54, 1.807) is 22.6 Å². The Hall–Kier alpha value is -0.340. The third kappa shape index (κ3) is 2.49. The van der Waals surface area contributed by atoms with E-state index in [4.69, 9.17) is 4.42 Å². The van der Waals surface area contributed by atoms with Crippen molar-refractivity contribution in [3.05, 3.63) is 9.79 Å². The summed E-state index contributed by atoms with van der Waals surface area (Å²) >= 11 is 1.80. The first-order valence-electron chi connectivity index (χ1n) is 5.04. The lowest BCUT2D eigenvalue weighted by Gasteiger charge is -2.30. The number of nitrogens with zero attached hydrogens (tertiary/aromatic N) is 2. The zero-order valence-corrected chi connectivity index (χ0v) is 10.5. The van der Waals surface area contributed by atoms with Crippen LogP contribution in [0, 0.1) is 9.82 Å². The molecular weight excluding hydrogens is 336 g/mol. The van der Waals surface area contributed by atoms with Crippen LogP contribution in [0.15, 0.2) is 4.42 Å². The van der Waals surface area contributed by atoms with Gasteiger partial charge >= 0.3 is 6.18 Å². The predicted octanol–water partition coefficient (Wildman–Crippen LogP) is 3.51. The molecule has 2 atom stereocenters. The van der Waals surface area contributed by atoms with Gasteiger partial charge in [0.05, 0.1) is 5.92 Å². The smallest absolute Gasteiger partial charge is 0.392 e. The normalized spacial score (nSPS) is 27.0. The Bertz CT molecular complexity index is 366. The molecule has 3 nitrogen and oxygen atoms in total. The van der Waals surface area contributed by atoms with E-state index in [1.165, 1.54) is 0 Å². The summed E-state index contributed by atoms with van der Waals surface area (Å²) in [7, 11) is 0. The van der Waals surface area contributed by atoms with Gasteiger partial charge in [0.15, 0.2) is 0 Å². The second-order valence-corrected chi connectivity index (χ2v) is 4.86. The van der Waals surface area contributed by atoms with Gasteiger partial charge < -0.3 is 4.42 Å². The van der Waals surface area contributed by atoms with E-state index in [-0.39, 0.29) is 12.3 Å². The van der Waals surface area contributed by atoms with Gasteiger partial charge in [-0.3, -0.25) is 0 Å². The molecule has 1 aliphatic carbocycles. The molecule has 1 saturated carbocycles. The van der Waals surface area contributed by atoms with Gasteiger partial charge in [0, 0.05) is 28.5 Å². The zero-order chi connectivity index (χ0) is 11.8. The lowest BCUT2D eigenvalue weighted by Crippen LogP contribution is -2.31. The van der Waals surface area contributed by atoms with Crippen molar-refractivity contribution in [3.63, 3.8) is 0 Å². The Labute approximate surface area is 104 Å². The van der Waals surface area contributed by atoms with Crippen LogP contribution in [0.1, 0.15) is 37.5 Å². The van der Waals surface area contributed by atoms with Crippen LogP contribution in [0.5, 0.6) is 0 Å². The third-order valence-electron chi connectivity index (χ3n) is 2.92. The molecule has 0 N–H and O–H groups in total. The molecule has 90 valence electrons. The Morgan fingerprint density at radius 2 is 1.88 bits per heavy atom. The maximum absolute atomic E-state index is 12.8. The quantitative estimate of drug-likeness (QED) is 0.731. The number of halogens is 4. The van der Waals surface area contributed by atoms with Crippen LogP contribution >= 0.6 is 22.6 Å². The number of aromatic nitrogens is 2. The summed E-state index contributed by atoms with van der Waals surface area (Å²) in [4.78, 5) is 0. The zero-order valence-electron chi connectivity index (χ0n) is 8.30. The Morgan fingerprint density at radius 1 is 1.19 bits per heavy atom. The number of rotatable bonds is 1. The van der Waals surface area contributed by atoms with E-state index in [0.717, 1.165) is 6.42 Å². The molecule has 7 heteroatoms. The van der Waals surface area contributed by atoms with E-state index < -0.39 is 18.0 Å². The van der Waals surface area contributed by atoms with Gasteiger partial charge in [-0.2, -0.15) is 13.2 Å². The first-order chi connectivity index (χ1) is 7.48. The second-order valence-electron chi connectivity index (χ2n) is 3.93. The molecule has 1 aliphatic rings. The van der Waals surface area contributed by atoms with Crippen molar-refractivity contribution in [1.82, 2.24) is 10.2 Å². The molecule has 0 bridgehead atoms. The van der Waals surface area contributed by atoms with Crippen LogP contribution in [0.4, 0.5) is 13.2 Å². The average Bonchev–Trinajstić information content (AvgIpc) is 2.64. The standard InChI is InChI=1S/C9H10F3IN2O/c10-9(11,12)6-4-2-1-3-5(6)7-14-15-8(13)16-7/h5-6H,1-4H2. The van der Waals surface area contributed by atoms with Gasteiger partial charge in [-0.1, -0.05) is 12.8 Å². The minimum Gasteiger partial charge on any atom is -0.416 e. The number of hydrogen-bond donors (Lipinski definition) is 0. The molecular formula is C9H10F3IN2O. The van der Waals surface area contributed by atoms with E-state index in [2.05, 4.69) is 10.2 Å². The number of alkyl halides is 3. The van der Waals surface area contributed by atoms with Crippen LogP contribution in [0.3, 0.4) is 0 Å². The lowest BCUT2D eigenvalue weighted by atomic mass is 9.79. The van der Waals surface area contributed by atoms with Gasteiger partial charge in [0.1, 0.15) is 0 Å². The van der Waals surface area contributed by atoms with Crippen molar-refractivity contribution in [3.8, 4) is 0 Å². The molecule has 0 aliphatic heterocycles. The average molecular weight is 346 g/mol. The summed E-state index contributed by atoms with van der Waals surface area (Å²) in [6.45, 7) is 0. The predicted molar refractivity (Wildman–Crippen MR) is 57.8 cm³/mol. The molecule has 1 heterocycles. The summed E-state index contributed by atoms with van der Waals surface area (Å²) in [5.74, 6) is -1.87. The van der Waals surface area contributed by atoms with Crippen LogP contribution in [-0.4, -0.2) is 16.4 Å². The van der Waals surface area contributed by atoms with Crippen LogP contribution < -0.4 is 0 Å². The Kier molecular flexibility index (Phi) is 3.41. The molecule has 0 aromatic carbocycles. The van der Waals surface area contributed by atoms with Gasteiger partial charge in [0.2, 0.25) is 5.89 Å². The van der Waals surface area contributed by atoms with E-state index in [0.29, 0.717) is 16.7 Å². The van der Waals surface area contributed by atoms with Gasteiger partial charge in [-0.25, -0.2) is 0 Å². The van der Waals surface area contributed by atoms with E-state index >= 15 is 0 Å². The maximum atomic E-state index is 12.8. The molecule has 2 unspecified atom stereocenters. The highest BCUT2D eigenvalue weighted by Crippen LogP contribution is 2.45. The first-order valence-corrected chi connectivity index (χ1v) is 6.12. The molecule has 1 fully saturated rings. The van der Waals surface area contributed by atoms with E-state index in [1.807, 2.05) is 0 Å². The van der Waals surface area contributed by atoms with Gasteiger partial charge in [-0.05, 0) is 12.8 Å². The third-order valence-corrected chi connectivity index (χ3v) is 3.36. The topological polar surface area (TPSA) is 38.9 Å². The van der Waals surface area contributed by atoms with Crippen molar-refractivity contribution in [1.29, 1.82) is 0 Å². The molecule has 2 rings (SSSR count). The van der Waals surface area contributed by atoms with Crippen LogP contribution in [-0.2, 0) is 0 Å². The fraction of sp³-hybridized carbons (Fsp3) is 0.778. The number of hydrogen-bond acceptors (Lipinski definition) is 3. The summed E-state index contributed by atoms with van der Waals surface area (Å²) in [6, 6.07) is 0. The monoisotopic (exact) mass is 346 g/mol. The van der Waals surface area contributed by atoms with Crippen LogP contribution in [0.25, 0.3) is 0 Å². The Balaban J connectivity index is 2.23. The summed E-state index contributed by atoms with van der Waals surface area (Å²) < 4.78 is 43.8. The van der Waals surface area contributed by atoms with Crippen molar-refractivity contribution >= 4 is 22.6 Å². The van der Waals surface area contributed by atoms with Crippen LogP contribution in [0.2, 0.25) is 0 Å². The Morgan fingerprint density at radius 3 is 2.44 bits per heavy atom. The first kappa shape index (κ1) is 12.1. The van der Waals surface area contributed by atoms with Crippen molar-refractivity contribution in [2.45, 2.75) is 37.8 Å². The van der Waals surface area contributed by atoms with Crippen molar-refractivity contribution in [2.24, 2.45) is 5.92 Å². The molecule has 0 spiro atoms. The summed E-state index contributed by atoms with van der Waals surface area (Å²) in [5, 5.41) is 7.29. The highest BCUT2D eigenvalue weighted by molar-refractivity contribution is 14.1.